The Morgan fingerprint density at radius 1 is 0.929 bits per heavy atom. The predicted molar refractivity (Wildman–Crippen MR) is 113 cm³/mol. The standard InChI is InChI=1S/C23H21N3O2/c24-23(27)20-13-16(15-4-2-1-3-5-15)12-19-18-7-6-17(14-21(18)25-22(19)20)26-8-10-28-11-9-26/h1-7,12-14,25H,8-11H2,(H2,24,27). The van der Waals surface area contributed by atoms with Crippen molar-refractivity contribution >= 4 is 33.4 Å². The minimum atomic E-state index is -0.428. The first-order valence-corrected chi connectivity index (χ1v) is 9.48. The van der Waals surface area contributed by atoms with Crippen molar-refractivity contribution in [2.75, 3.05) is 31.2 Å². The van der Waals surface area contributed by atoms with Crippen LogP contribution in [0.25, 0.3) is 32.9 Å². The van der Waals surface area contributed by atoms with Crippen LogP contribution in [-0.4, -0.2) is 37.2 Å². The monoisotopic (exact) mass is 371 g/mol. The van der Waals surface area contributed by atoms with E-state index in [1.165, 1.54) is 0 Å². The average molecular weight is 371 g/mol. The van der Waals surface area contributed by atoms with E-state index in [9.17, 15) is 4.79 Å². The maximum atomic E-state index is 12.2. The lowest BCUT2D eigenvalue weighted by molar-refractivity contribution is 0.100. The molecule has 3 N–H and O–H groups in total. The first kappa shape index (κ1) is 16.8. The Kier molecular flexibility index (Phi) is 4.02. The molecule has 140 valence electrons. The molecule has 5 heteroatoms. The van der Waals surface area contributed by atoms with Crippen molar-refractivity contribution in [1.82, 2.24) is 4.98 Å². The van der Waals surface area contributed by atoms with Gasteiger partial charge in [-0.25, -0.2) is 0 Å². The zero-order valence-corrected chi connectivity index (χ0v) is 15.4. The summed E-state index contributed by atoms with van der Waals surface area (Å²) in [6, 6.07) is 20.5. The van der Waals surface area contributed by atoms with Gasteiger partial charge in [-0.15, -0.1) is 0 Å². The fraction of sp³-hybridized carbons (Fsp3) is 0.174. The van der Waals surface area contributed by atoms with E-state index in [2.05, 4.69) is 34.1 Å². The molecule has 1 fully saturated rings. The fourth-order valence-electron chi connectivity index (χ4n) is 4.00. The van der Waals surface area contributed by atoms with E-state index in [1.54, 1.807) is 0 Å². The Hall–Kier alpha value is -3.31. The lowest BCUT2D eigenvalue weighted by Crippen LogP contribution is -2.36. The lowest BCUT2D eigenvalue weighted by Gasteiger charge is -2.28. The summed E-state index contributed by atoms with van der Waals surface area (Å²) in [5, 5.41) is 2.10. The van der Waals surface area contributed by atoms with Gasteiger partial charge in [0.25, 0.3) is 5.91 Å². The summed E-state index contributed by atoms with van der Waals surface area (Å²) in [7, 11) is 0. The average Bonchev–Trinajstić information content (AvgIpc) is 3.12. The summed E-state index contributed by atoms with van der Waals surface area (Å²) in [6.07, 6.45) is 0. The van der Waals surface area contributed by atoms with Gasteiger partial charge in [0.15, 0.2) is 0 Å². The van der Waals surface area contributed by atoms with E-state index in [0.29, 0.717) is 5.56 Å². The fourth-order valence-corrected chi connectivity index (χ4v) is 4.00. The molecule has 1 amide bonds. The zero-order chi connectivity index (χ0) is 19.1. The molecule has 0 unspecified atom stereocenters. The molecule has 4 aromatic rings. The second-order valence-electron chi connectivity index (χ2n) is 7.13. The quantitative estimate of drug-likeness (QED) is 0.573. The number of ether oxygens (including phenoxy) is 1. The first-order valence-electron chi connectivity index (χ1n) is 9.48. The van der Waals surface area contributed by atoms with Crippen molar-refractivity contribution in [2.24, 2.45) is 5.73 Å². The molecule has 1 aliphatic rings. The second-order valence-corrected chi connectivity index (χ2v) is 7.13. The summed E-state index contributed by atoms with van der Waals surface area (Å²) >= 11 is 0. The van der Waals surface area contributed by atoms with Gasteiger partial charge in [0.1, 0.15) is 0 Å². The van der Waals surface area contributed by atoms with Crippen molar-refractivity contribution in [3.63, 3.8) is 0 Å². The van der Waals surface area contributed by atoms with Gasteiger partial charge >= 0.3 is 0 Å². The Morgan fingerprint density at radius 3 is 2.46 bits per heavy atom. The molecule has 0 atom stereocenters. The van der Waals surface area contributed by atoms with Crippen LogP contribution >= 0.6 is 0 Å². The van der Waals surface area contributed by atoms with Crippen LogP contribution in [-0.2, 0) is 4.74 Å². The number of hydrogen-bond donors (Lipinski definition) is 2. The Labute approximate surface area is 162 Å². The number of anilines is 1. The van der Waals surface area contributed by atoms with Crippen LogP contribution < -0.4 is 10.6 Å². The number of morpholine rings is 1. The van der Waals surface area contributed by atoms with E-state index in [-0.39, 0.29) is 0 Å². The normalized spacial score (nSPS) is 14.6. The zero-order valence-electron chi connectivity index (χ0n) is 15.4. The van der Waals surface area contributed by atoms with E-state index in [1.807, 2.05) is 36.4 Å². The molecule has 1 aromatic heterocycles. The van der Waals surface area contributed by atoms with Crippen LogP contribution in [0.3, 0.4) is 0 Å². The predicted octanol–water partition coefficient (Wildman–Crippen LogP) is 3.92. The largest absolute Gasteiger partial charge is 0.378 e. The van der Waals surface area contributed by atoms with Crippen molar-refractivity contribution in [3.05, 3.63) is 66.2 Å². The number of aromatic amines is 1. The van der Waals surface area contributed by atoms with Crippen LogP contribution in [0.5, 0.6) is 0 Å². The van der Waals surface area contributed by atoms with Gasteiger partial charge in [0, 0.05) is 35.1 Å². The van der Waals surface area contributed by atoms with Gasteiger partial charge in [-0.1, -0.05) is 36.4 Å². The molecule has 0 radical (unpaired) electrons. The third-order valence-electron chi connectivity index (χ3n) is 5.44. The van der Waals surface area contributed by atoms with Gasteiger partial charge < -0.3 is 20.4 Å². The number of nitrogens with one attached hydrogen (secondary N) is 1. The maximum Gasteiger partial charge on any atom is 0.250 e. The molecule has 0 spiro atoms. The van der Waals surface area contributed by atoms with Crippen molar-refractivity contribution in [2.45, 2.75) is 0 Å². The summed E-state index contributed by atoms with van der Waals surface area (Å²) in [5.41, 5.74) is 11.2. The van der Waals surface area contributed by atoms with E-state index < -0.39 is 5.91 Å². The summed E-state index contributed by atoms with van der Waals surface area (Å²) in [4.78, 5) is 17.9. The first-order chi connectivity index (χ1) is 13.7. The Bertz CT molecular complexity index is 1170. The second kappa shape index (κ2) is 6.69. The van der Waals surface area contributed by atoms with Crippen molar-refractivity contribution < 1.29 is 9.53 Å². The number of primary amides is 1. The van der Waals surface area contributed by atoms with Crippen molar-refractivity contribution in [1.29, 1.82) is 0 Å². The molecule has 0 aliphatic carbocycles. The number of benzene rings is 3. The Morgan fingerprint density at radius 2 is 1.71 bits per heavy atom. The summed E-state index contributed by atoms with van der Waals surface area (Å²) in [6.45, 7) is 3.26. The highest BCUT2D eigenvalue weighted by Crippen LogP contribution is 2.34. The molecular weight excluding hydrogens is 350 g/mol. The molecule has 0 saturated carbocycles. The molecule has 28 heavy (non-hydrogen) atoms. The number of carbonyl (C=O) groups is 1. The third-order valence-corrected chi connectivity index (χ3v) is 5.44. The number of rotatable bonds is 3. The number of nitrogens with two attached hydrogens (primary N) is 1. The van der Waals surface area contributed by atoms with E-state index in [0.717, 1.165) is 64.9 Å². The van der Waals surface area contributed by atoms with Gasteiger partial charge in [0.05, 0.1) is 24.3 Å². The molecule has 5 rings (SSSR count). The molecule has 0 bridgehead atoms. The van der Waals surface area contributed by atoms with Crippen LogP contribution in [0.15, 0.2) is 60.7 Å². The van der Waals surface area contributed by atoms with Crippen LogP contribution in [0.1, 0.15) is 10.4 Å². The number of fused-ring (bicyclic) bond motifs is 3. The van der Waals surface area contributed by atoms with Gasteiger partial charge in [0.2, 0.25) is 0 Å². The SMILES string of the molecule is NC(=O)c1cc(-c2ccccc2)cc2c1[nH]c1cc(N3CCOCC3)ccc12. The van der Waals surface area contributed by atoms with Crippen LogP contribution in [0.4, 0.5) is 5.69 Å². The lowest BCUT2D eigenvalue weighted by atomic mass is 9.99. The summed E-state index contributed by atoms with van der Waals surface area (Å²) in [5.74, 6) is -0.428. The maximum absolute atomic E-state index is 12.2. The number of amides is 1. The number of hydrogen-bond acceptors (Lipinski definition) is 3. The van der Waals surface area contributed by atoms with Crippen LogP contribution in [0.2, 0.25) is 0 Å². The number of nitrogens with zero attached hydrogens (tertiary/aromatic N) is 1. The number of aromatic nitrogens is 1. The molecule has 1 aliphatic heterocycles. The number of H-pyrrole nitrogens is 1. The van der Waals surface area contributed by atoms with Crippen LogP contribution in [0, 0.1) is 0 Å². The molecule has 3 aromatic carbocycles. The minimum Gasteiger partial charge on any atom is -0.378 e. The minimum absolute atomic E-state index is 0.428. The van der Waals surface area contributed by atoms with Crippen molar-refractivity contribution in [3.8, 4) is 11.1 Å². The summed E-state index contributed by atoms with van der Waals surface area (Å²) < 4.78 is 5.45. The number of carbonyl (C=O) groups excluding carboxylic acids is 1. The van der Waals surface area contributed by atoms with E-state index >= 15 is 0 Å². The highest BCUT2D eigenvalue weighted by molar-refractivity contribution is 6.16. The molecule has 2 heterocycles. The highest BCUT2D eigenvalue weighted by atomic mass is 16.5. The smallest absolute Gasteiger partial charge is 0.250 e. The molecule has 1 saturated heterocycles. The van der Waals surface area contributed by atoms with Gasteiger partial charge in [-0.05, 0) is 35.4 Å². The third kappa shape index (κ3) is 2.80. The topological polar surface area (TPSA) is 71.4 Å². The Balaban J connectivity index is 1.71. The highest BCUT2D eigenvalue weighted by Gasteiger charge is 2.17. The van der Waals surface area contributed by atoms with E-state index in [4.69, 9.17) is 10.5 Å². The molecule has 5 nitrogen and oxygen atoms in total. The van der Waals surface area contributed by atoms with Gasteiger partial charge in [-0.3, -0.25) is 4.79 Å². The van der Waals surface area contributed by atoms with Gasteiger partial charge in [-0.2, -0.15) is 0 Å². The molecular formula is C23H21N3O2.